The number of hydrogen-bond donors (Lipinski definition) is 2. The third-order valence-corrected chi connectivity index (χ3v) is 1.01. The number of hydrogen-bond acceptors (Lipinski definition) is 4. The molecule has 0 amide bonds. The SMILES string of the molecule is CC(=O)[O-].O=C([O-])c1ccccc1.[NH4+].[NH4+]. The Kier molecular flexibility index (Phi) is 12.7. The maximum absolute atomic E-state index is 10.1. The van der Waals surface area contributed by atoms with E-state index in [2.05, 4.69) is 0 Å². The normalized spacial score (nSPS) is 7.00. The molecule has 0 bridgehead atoms. The van der Waals surface area contributed by atoms with Crippen molar-refractivity contribution in [2.45, 2.75) is 6.92 Å². The third-order valence-electron chi connectivity index (χ3n) is 1.01. The number of aromatic carboxylic acids is 1. The summed E-state index contributed by atoms with van der Waals surface area (Å²) in [7, 11) is 0. The largest absolute Gasteiger partial charge is 0.550 e. The van der Waals surface area contributed by atoms with E-state index in [0.29, 0.717) is 0 Å². The van der Waals surface area contributed by atoms with Crippen molar-refractivity contribution in [2.75, 3.05) is 0 Å². The number of aliphatic carboxylic acids is 1. The molecule has 6 nitrogen and oxygen atoms in total. The molecule has 0 atom stereocenters. The van der Waals surface area contributed by atoms with Gasteiger partial charge in [-0.3, -0.25) is 0 Å². The molecule has 0 aromatic heterocycles. The minimum atomic E-state index is -1.13. The second-order valence-electron chi connectivity index (χ2n) is 2.15. The first-order valence-electron chi connectivity index (χ1n) is 3.48. The van der Waals surface area contributed by atoms with Crippen LogP contribution >= 0.6 is 0 Å². The number of carbonyl (C=O) groups is 2. The van der Waals surface area contributed by atoms with Gasteiger partial charge in [0.1, 0.15) is 0 Å². The molecule has 1 aromatic rings. The predicted octanol–water partition coefficient (Wildman–Crippen LogP) is -0.441. The fourth-order valence-electron chi connectivity index (χ4n) is 0.574. The smallest absolute Gasteiger partial charge is 0.0715 e. The summed E-state index contributed by atoms with van der Waals surface area (Å²) in [6.07, 6.45) is 0. The lowest BCUT2D eigenvalue weighted by molar-refractivity contribution is -0.302. The van der Waals surface area contributed by atoms with Crippen molar-refractivity contribution >= 4 is 11.9 Å². The van der Waals surface area contributed by atoms with Crippen molar-refractivity contribution in [3.63, 3.8) is 0 Å². The third kappa shape index (κ3) is 12.1. The Morgan fingerprint density at radius 3 is 1.53 bits per heavy atom. The average molecular weight is 216 g/mol. The zero-order valence-electron chi connectivity index (χ0n) is 9.02. The van der Waals surface area contributed by atoms with Gasteiger partial charge < -0.3 is 32.1 Å². The monoisotopic (exact) mass is 216 g/mol. The van der Waals surface area contributed by atoms with Crippen LogP contribution in [0.25, 0.3) is 0 Å². The van der Waals surface area contributed by atoms with Gasteiger partial charge in [-0.1, -0.05) is 30.3 Å². The van der Waals surface area contributed by atoms with Gasteiger partial charge in [-0.15, -0.1) is 0 Å². The molecule has 0 unspecified atom stereocenters. The minimum Gasteiger partial charge on any atom is -0.550 e. The highest BCUT2D eigenvalue weighted by Crippen LogP contribution is 1.94. The lowest BCUT2D eigenvalue weighted by Crippen LogP contribution is -2.21. The Morgan fingerprint density at radius 2 is 1.33 bits per heavy atom. The van der Waals surface area contributed by atoms with Gasteiger partial charge in [0, 0.05) is 5.97 Å². The molecular weight excluding hydrogens is 200 g/mol. The van der Waals surface area contributed by atoms with Crippen LogP contribution in [0.15, 0.2) is 30.3 Å². The summed E-state index contributed by atoms with van der Waals surface area (Å²) < 4.78 is 0. The Morgan fingerprint density at radius 1 is 1.00 bits per heavy atom. The Bertz CT molecular complexity index is 283. The molecule has 0 saturated carbocycles. The molecular formula is C9H16N2O4. The summed E-state index contributed by atoms with van der Waals surface area (Å²) in [5.74, 6) is -2.21. The van der Waals surface area contributed by atoms with Gasteiger partial charge in [0.2, 0.25) is 0 Å². The molecule has 0 aliphatic heterocycles. The molecule has 0 aliphatic carbocycles. The predicted molar refractivity (Wildman–Crippen MR) is 53.4 cm³/mol. The lowest BCUT2D eigenvalue weighted by atomic mass is 10.2. The molecule has 86 valence electrons. The Hall–Kier alpha value is -1.92. The highest BCUT2D eigenvalue weighted by molar-refractivity contribution is 5.85. The maximum Gasteiger partial charge on any atom is 0.0715 e. The van der Waals surface area contributed by atoms with Gasteiger partial charge in [0.05, 0.1) is 5.97 Å². The highest BCUT2D eigenvalue weighted by atomic mass is 16.4. The number of rotatable bonds is 1. The van der Waals surface area contributed by atoms with E-state index in [9.17, 15) is 9.90 Å². The first-order chi connectivity index (χ1) is 6.04. The molecule has 1 rings (SSSR count). The molecule has 1 aromatic carbocycles. The molecule has 15 heavy (non-hydrogen) atoms. The molecule has 8 N–H and O–H groups in total. The summed E-state index contributed by atoms with van der Waals surface area (Å²) in [6, 6.07) is 8.06. The first kappa shape index (κ1) is 18.8. The fourth-order valence-corrected chi connectivity index (χ4v) is 0.574. The van der Waals surface area contributed by atoms with E-state index in [1.165, 1.54) is 12.1 Å². The van der Waals surface area contributed by atoms with Gasteiger partial charge in [-0.05, 0) is 12.5 Å². The quantitative estimate of drug-likeness (QED) is 0.652. The lowest BCUT2D eigenvalue weighted by Gasteiger charge is -1.97. The van der Waals surface area contributed by atoms with Crippen molar-refractivity contribution in [1.82, 2.24) is 12.3 Å². The van der Waals surface area contributed by atoms with Crippen LogP contribution in [0.2, 0.25) is 0 Å². The van der Waals surface area contributed by atoms with Gasteiger partial charge in [-0.25, -0.2) is 0 Å². The van der Waals surface area contributed by atoms with Crippen LogP contribution in [-0.2, 0) is 4.79 Å². The van der Waals surface area contributed by atoms with Crippen LogP contribution in [0.3, 0.4) is 0 Å². The van der Waals surface area contributed by atoms with Crippen LogP contribution in [0.5, 0.6) is 0 Å². The zero-order chi connectivity index (χ0) is 10.3. The van der Waals surface area contributed by atoms with Gasteiger partial charge >= 0.3 is 0 Å². The van der Waals surface area contributed by atoms with Crippen LogP contribution in [0, 0.1) is 0 Å². The molecule has 0 radical (unpaired) electrons. The van der Waals surface area contributed by atoms with Crippen molar-refractivity contribution in [3.05, 3.63) is 35.9 Å². The van der Waals surface area contributed by atoms with E-state index < -0.39 is 11.9 Å². The molecule has 0 aliphatic rings. The number of carboxylic acid groups (broad SMARTS) is 2. The van der Waals surface area contributed by atoms with Crippen LogP contribution in [-0.4, -0.2) is 11.9 Å². The van der Waals surface area contributed by atoms with Crippen molar-refractivity contribution in [1.29, 1.82) is 0 Å². The van der Waals surface area contributed by atoms with Crippen molar-refractivity contribution in [3.8, 4) is 0 Å². The summed E-state index contributed by atoms with van der Waals surface area (Å²) in [6.45, 7) is 0.972. The van der Waals surface area contributed by atoms with Crippen LogP contribution in [0.1, 0.15) is 17.3 Å². The number of benzene rings is 1. The van der Waals surface area contributed by atoms with E-state index in [1.54, 1.807) is 18.2 Å². The van der Waals surface area contributed by atoms with E-state index in [0.717, 1.165) is 6.92 Å². The first-order valence-corrected chi connectivity index (χ1v) is 3.48. The Balaban J connectivity index is -0.000000213. The topological polar surface area (TPSA) is 153 Å². The van der Waals surface area contributed by atoms with Gasteiger partial charge in [0.15, 0.2) is 0 Å². The maximum atomic E-state index is 10.1. The summed E-state index contributed by atoms with van der Waals surface area (Å²) in [5.41, 5.74) is 0.220. The average Bonchev–Trinajstić information content (AvgIpc) is 2.05. The van der Waals surface area contributed by atoms with Crippen LogP contribution in [0.4, 0.5) is 0 Å². The zero-order valence-corrected chi connectivity index (χ0v) is 9.02. The van der Waals surface area contributed by atoms with Crippen molar-refractivity contribution < 1.29 is 19.8 Å². The van der Waals surface area contributed by atoms with E-state index >= 15 is 0 Å². The summed E-state index contributed by atoms with van der Waals surface area (Å²) >= 11 is 0. The minimum absolute atomic E-state index is 0. The van der Waals surface area contributed by atoms with Crippen molar-refractivity contribution in [2.24, 2.45) is 0 Å². The van der Waals surface area contributed by atoms with E-state index in [1.807, 2.05) is 0 Å². The fraction of sp³-hybridized carbons (Fsp3) is 0.111. The highest BCUT2D eigenvalue weighted by Gasteiger charge is 1.85. The second kappa shape index (κ2) is 10.2. The molecule has 6 heteroatoms. The Labute approximate surface area is 87.7 Å². The number of quaternary nitrogens is 2. The van der Waals surface area contributed by atoms with E-state index in [-0.39, 0.29) is 17.9 Å². The second-order valence-corrected chi connectivity index (χ2v) is 2.15. The number of carboxylic acids is 2. The molecule has 0 spiro atoms. The summed E-state index contributed by atoms with van der Waals surface area (Å²) in [4.78, 5) is 19.0. The standard InChI is InChI=1S/C7H6O2.C2H4O2.2H3N/c8-7(9)6-4-2-1-3-5-6;1-2(3)4;;/h1-5H,(H,8,9);1H3,(H,3,4);2*1H3. The molecule has 0 heterocycles. The number of carbonyl (C=O) groups excluding carboxylic acids is 2. The molecule has 0 saturated heterocycles. The summed E-state index contributed by atoms with van der Waals surface area (Å²) in [5, 5.41) is 19.0. The van der Waals surface area contributed by atoms with Gasteiger partial charge in [0.25, 0.3) is 0 Å². The van der Waals surface area contributed by atoms with Crippen LogP contribution < -0.4 is 22.5 Å². The van der Waals surface area contributed by atoms with Gasteiger partial charge in [-0.2, -0.15) is 0 Å². The molecule has 0 fully saturated rings. The van der Waals surface area contributed by atoms with E-state index in [4.69, 9.17) is 9.90 Å².